The Balaban J connectivity index is 2.02. The Labute approximate surface area is 147 Å². The number of nitrogens with one attached hydrogen (secondary N) is 1. The number of allylic oxidation sites excluding steroid dienone is 1. The lowest BCUT2D eigenvalue weighted by atomic mass is 10.0. The van der Waals surface area contributed by atoms with Gasteiger partial charge in [-0.3, -0.25) is 9.78 Å². The van der Waals surface area contributed by atoms with Crippen molar-refractivity contribution < 1.29 is 9.53 Å². The maximum atomic E-state index is 12.4. The summed E-state index contributed by atoms with van der Waals surface area (Å²) >= 11 is 0. The van der Waals surface area contributed by atoms with Crippen molar-refractivity contribution in [1.82, 2.24) is 9.97 Å². The Morgan fingerprint density at radius 1 is 1.24 bits per heavy atom. The number of aromatic amines is 1. The molecular formula is C21H22N2O2. The topological polar surface area (TPSA) is 55.0 Å². The normalized spacial score (nSPS) is 11.5. The van der Waals surface area contributed by atoms with Gasteiger partial charge in [0.2, 0.25) is 0 Å². The molecule has 4 heteroatoms. The van der Waals surface area contributed by atoms with Gasteiger partial charge in [0, 0.05) is 40.1 Å². The number of ether oxygens (including phenoxy) is 1. The van der Waals surface area contributed by atoms with E-state index in [0.29, 0.717) is 11.5 Å². The van der Waals surface area contributed by atoms with Crippen LogP contribution in [0, 0.1) is 5.92 Å². The molecule has 0 aliphatic carbocycles. The van der Waals surface area contributed by atoms with E-state index in [1.807, 2.05) is 24.3 Å². The molecule has 3 rings (SSSR count). The average molecular weight is 334 g/mol. The zero-order valence-electron chi connectivity index (χ0n) is 14.7. The van der Waals surface area contributed by atoms with Gasteiger partial charge in [-0.05, 0) is 54.8 Å². The van der Waals surface area contributed by atoms with Crippen molar-refractivity contribution in [2.75, 3.05) is 7.11 Å². The van der Waals surface area contributed by atoms with E-state index in [-0.39, 0.29) is 5.78 Å². The number of benzene rings is 1. The Bertz CT molecular complexity index is 908. The standard InChI is InChI=1S/C21H22N2O2/c1-14(2)12-20-17(5-7-21(24)15-8-10-22-11-9-15)18-13-16(25-3)4-6-19(18)23-20/h4-11,13-14,23H,12H2,1-3H3/b7-5+. The van der Waals surface area contributed by atoms with Crippen LogP contribution < -0.4 is 4.74 Å². The van der Waals surface area contributed by atoms with Gasteiger partial charge in [0.25, 0.3) is 0 Å². The summed E-state index contributed by atoms with van der Waals surface area (Å²) < 4.78 is 5.35. The highest BCUT2D eigenvalue weighted by molar-refractivity contribution is 6.08. The van der Waals surface area contributed by atoms with E-state index in [2.05, 4.69) is 23.8 Å². The molecular weight excluding hydrogens is 312 g/mol. The first-order valence-electron chi connectivity index (χ1n) is 8.39. The highest BCUT2D eigenvalue weighted by Gasteiger charge is 2.12. The first kappa shape index (κ1) is 17.0. The molecule has 0 bridgehead atoms. The van der Waals surface area contributed by atoms with Crippen LogP contribution in [0.2, 0.25) is 0 Å². The lowest BCUT2D eigenvalue weighted by molar-refractivity contribution is 0.104. The number of fused-ring (bicyclic) bond motifs is 1. The molecule has 2 heterocycles. The van der Waals surface area contributed by atoms with Gasteiger partial charge in [0.1, 0.15) is 5.75 Å². The molecule has 0 unspecified atom stereocenters. The molecule has 1 N–H and O–H groups in total. The third kappa shape index (κ3) is 3.79. The van der Waals surface area contributed by atoms with Crippen molar-refractivity contribution in [3.63, 3.8) is 0 Å². The van der Waals surface area contributed by atoms with Crippen LogP contribution in [0.4, 0.5) is 0 Å². The molecule has 0 fully saturated rings. The van der Waals surface area contributed by atoms with E-state index in [9.17, 15) is 4.79 Å². The van der Waals surface area contributed by atoms with Gasteiger partial charge in [0.05, 0.1) is 7.11 Å². The summed E-state index contributed by atoms with van der Waals surface area (Å²) in [7, 11) is 1.66. The van der Waals surface area contributed by atoms with Crippen LogP contribution in [0.5, 0.6) is 5.75 Å². The van der Waals surface area contributed by atoms with Crippen LogP contribution in [-0.2, 0) is 6.42 Å². The Kier molecular flexibility index (Phi) is 4.98. The van der Waals surface area contributed by atoms with Gasteiger partial charge in [0.15, 0.2) is 5.78 Å². The van der Waals surface area contributed by atoms with Crippen LogP contribution in [0.25, 0.3) is 17.0 Å². The molecule has 1 aromatic carbocycles. The van der Waals surface area contributed by atoms with Crippen LogP contribution in [0.1, 0.15) is 35.5 Å². The van der Waals surface area contributed by atoms with Crippen molar-refractivity contribution in [2.45, 2.75) is 20.3 Å². The number of carbonyl (C=O) groups is 1. The minimum Gasteiger partial charge on any atom is -0.497 e. The van der Waals surface area contributed by atoms with Gasteiger partial charge in [-0.1, -0.05) is 13.8 Å². The summed E-state index contributed by atoms with van der Waals surface area (Å²) in [4.78, 5) is 19.8. The van der Waals surface area contributed by atoms with Gasteiger partial charge in [-0.2, -0.15) is 0 Å². The van der Waals surface area contributed by atoms with Crippen LogP contribution in [0.3, 0.4) is 0 Å². The molecule has 0 atom stereocenters. The van der Waals surface area contributed by atoms with Crippen molar-refractivity contribution in [3.05, 3.63) is 65.6 Å². The minimum absolute atomic E-state index is 0.0323. The summed E-state index contributed by atoms with van der Waals surface area (Å²) in [6.45, 7) is 4.36. The predicted molar refractivity (Wildman–Crippen MR) is 101 cm³/mol. The van der Waals surface area contributed by atoms with E-state index in [0.717, 1.165) is 34.3 Å². The number of methoxy groups -OCH3 is 1. The molecule has 0 spiro atoms. The third-order valence-electron chi connectivity index (χ3n) is 4.11. The van der Waals surface area contributed by atoms with Crippen LogP contribution >= 0.6 is 0 Å². The van der Waals surface area contributed by atoms with Crippen LogP contribution in [0.15, 0.2) is 48.8 Å². The SMILES string of the molecule is COc1ccc2[nH]c(CC(C)C)c(/C=C/C(=O)c3ccncc3)c2c1. The van der Waals surface area contributed by atoms with Crippen molar-refractivity contribution in [2.24, 2.45) is 5.92 Å². The molecule has 0 aliphatic rings. The lowest BCUT2D eigenvalue weighted by Crippen LogP contribution is -1.97. The van der Waals surface area contributed by atoms with Crippen LogP contribution in [-0.4, -0.2) is 22.9 Å². The summed E-state index contributed by atoms with van der Waals surface area (Å²) in [5, 5.41) is 1.06. The number of hydrogen-bond acceptors (Lipinski definition) is 3. The Morgan fingerprint density at radius 2 is 2.00 bits per heavy atom. The first-order chi connectivity index (χ1) is 12.1. The molecule has 0 aliphatic heterocycles. The van der Waals surface area contributed by atoms with E-state index < -0.39 is 0 Å². The quantitative estimate of drug-likeness (QED) is 0.526. The summed E-state index contributed by atoms with van der Waals surface area (Å²) in [5.41, 5.74) is 3.86. The number of hydrogen-bond donors (Lipinski definition) is 1. The zero-order valence-corrected chi connectivity index (χ0v) is 14.7. The summed E-state index contributed by atoms with van der Waals surface area (Å²) in [6.07, 6.45) is 7.70. The fourth-order valence-electron chi connectivity index (χ4n) is 2.91. The van der Waals surface area contributed by atoms with Crippen molar-refractivity contribution in [3.8, 4) is 5.75 Å². The highest BCUT2D eigenvalue weighted by atomic mass is 16.5. The number of ketones is 1. The maximum Gasteiger partial charge on any atom is 0.185 e. The maximum absolute atomic E-state index is 12.4. The van der Waals surface area contributed by atoms with Crippen molar-refractivity contribution in [1.29, 1.82) is 0 Å². The van der Waals surface area contributed by atoms with E-state index in [4.69, 9.17) is 4.74 Å². The molecule has 0 saturated carbocycles. The van der Waals surface area contributed by atoms with Crippen molar-refractivity contribution >= 4 is 22.8 Å². The van der Waals surface area contributed by atoms with Gasteiger partial charge >= 0.3 is 0 Å². The molecule has 4 nitrogen and oxygen atoms in total. The van der Waals surface area contributed by atoms with E-state index >= 15 is 0 Å². The molecule has 128 valence electrons. The number of pyridine rings is 1. The van der Waals surface area contributed by atoms with Gasteiger partial charge < -0.3 is 9.72 Å². The Morgan fingerprint density at radius 3 is 2.68 bits per heavy atom. The second kappa shape index (κ2) is 7.34. The number of rotatable bonds is 6. The summed E-state index contributed by atoms with van der Waals surface area (Å²) in [6, 6.07) is 9.40. The highest BCUT2D eigenvalue weighted by Crippen LogP contribution is 2.29. The smallest absolute Gasteiger partial charge is 0.185 e. The minimum atomic E-state index is -0.0323. The fraction of sp³-hybridized carbons (Fsp3) is 0.238. The number of carbonyl (C=O) groups excluding carboxylic acids is 1. The largest absolute Gasteiger partial charge is 0.497 e. The fourth-order valence-corrected chi connectivity index (χ4v) is 2.91. The monoisotopic (exact) mass is 334 g/mol. The summed E-state index contributed by atoms with van der Waals surface area (Å²) in [5.74, 6) is 1.28. The first-order valence-corrected chi connectivity index (χ1v) is 8.39. The molecule has 0 amide bonds. The Hall–Kier alpha value is -2.88. The number of H-pyrrole nitrogens is 1. The zero-order chi connectivity index (χ0) is 17.8. The predicted octanol–water partition coefficient (Wildman–Crippen LogP) is 4.67. The molecule has 3 aromatic rings. The van der Waals surface area contributed by atoms with Gasteiger partial charge in [-0.15, -0.1) is 0 Å². The molecule has 0 saturated heterocycles. The molecule has 25 heavy (non-hydrogen) atoms. The van der Waals surface area contributed by atoms with E-state index in [1.54, 1.807) is 37.7 Å². The van der Waals surface area contributed by atoms with Gasteiger partial charge in [-0.25, -0.2) is 0 Å². The lowest BCUT2D eigenvalue weighted by Gasteiger charge is -2.04. The molecule has 0 radical (unpaired) electrons. The molecule has 2 aromatic heterocycles. The number of nitrogens with zero attached hydrogens (tertiary/aromatic N) is 1. The number of aromatic nitrogens is 2. The average Bonchev–Trinajstić information content (AvgIpc) is 2.95. The second-order valence-corrected chi connectivity index (χ2v) is 6.46. The third-order valence-corrected chi connectivity index (χ3v) is 4.11. The second-order valence-electron chi connectivity index (χ2n) is 6.46. The van der Waals surface area contributed by atoms with E-state index in [1.165, 1.54) is 0 Å².